The van der Waals surface area contributed by atoms with Crippen LogP contribution in [0.15, 0.2) is 53.4 Å². The van der Waals surface area contributed by atoms with Gasteiger partial charge < -0.3 is 4.74 Å². The van der Waals surface area contributed by atoms with Crippen LogP contribution >= 0.6 is 11.8 Å². The summed E-state index contributed by atoms with van der Waals surface area (Å²) < 4.78 is 46.1. The Morgan fingerprint density at radius 3 is 2.64 bits per heavy atom. The smallest absolute Gasteiger partial charge is 0.246 e. The number of methoxy groups -OCH3 is 1. The number of hydrogen-bond donors (Lipinski definition) is 0. The Morgan fingerprint density at radius 2 is 1.92 bits per heavy atom. The highest BCUT2D eigenvalue weighted by Crippen LogP contribution is 2.36. The maximum absolute atomic E-state index is 13.6. The number of rotatable bonds is 4. The number of benzene rings is 2. The fourth-order valence-corrected chi connectivity index (χ4v) is 5.89. The van der Waals surface area contributed by atoms with Crippen molar-refractivity contribution in [2.45, 2.75) is 16.6 Å². The lowest BCUT2D eigenvalue weighted by molar-refractivity contribution is 0.391. The Balaban J connectivity index is 1.83. The summed E-state index contributed by atoms with van der Waals surface area (Å²) in [6.45, 7) is 0.796. The van der Waals surface area contributed by atoms with Crippen LogP contribution in [0, 0.1) is 5.82 Å². The second kappa shape index (κ2) is 7.76. The van der Waals surface area contributed by atoms with Crippen molar-refractivity contribution in [1.82, 2.24) is 4.31 Å². The molecule has 0 N–H and O–H groups in total. The first-order valence-electron chi connectivity index (χ1n) is 8.02. The summed E-state index contributed by atoms with van der Waals surface area (Å²) in [7, 11) is -2.42. The first kappa shape index (κ1) is 18.2. The van der Waals surface area contributed by atoms with Gasteiger partial charge in [0.1, 0.15) is 16.5 Å². The zero-order chi connectivity index (χ0) is 17.9. The number of sulfonamides is 1. The number of halogens is 1. The minimum Gasteiger partial charge on any atom is -0.495 e. The topological polar surface area (TPSA) is 46.6 Å². The van der Waals surface area contributed by atoms with Crippen molar-refractivity contribution < 1.29 is 17.5 Å². The SMILES string of the molecule is COc1ccc(F)cc1S(=O)(=O)N1CCSC(c2ccccc2)CC1. The van der Waals surface area contributed by atoms with E-state index in [0.29, 0.717) is 25.3 Å². The van der Waals surface area contributed by atoms with E-state index in [1.807, 2.05) is 18.2 Å². The standard InChI is InChI=1S/C18H20FNO3S2/c1-23-16-8-7-15(19)13-18(16)25(21,22)20-10-9-17(24-12-11-20)14-5-3-2-4-6-14/h2-8,13,17H,9-12H2,1H3. The molecule has 0 radical (unpaired) electrons. The molecule has 0 aromatic heterocycles. The van der Waals surface area contributed by atoms with Gasteiger partial charge in [-0.05, 0) is 30.2 Å². The lowest BCUT2D eigenvalue weighted by Gasteiger charge is -2.21. The first-order chi connectivity index (χ1) is 12.0. The molecule has 25 heavy (non-hydrogen) atoms. The Kier molecular flexibility index (Phi) is 5.66. The van der Waals surface area contributed by atoms with Crippen molar-refractivity contribution >= 4 is 21.8 Å². The summed E-state index contributed by atoms with van der Waals surface area (Å²) in [4.78, 5) is -0.113. The summed E-state index contributed by atoms with van der Waals surface area (Å²) in [6, 6.07) is 13.7. The molecule has 0 spiro atoms. The van der Waals surface area contributed by atoms with Crippen LogP contribution in [0.3, 0.4) is 0 Å². The van der Waals surface area contributed by atoms with Gasteiger partial charge in [0, 0.05) is 24.1 Å². The first-order valence-corrected chi connectivity index (χ1v) is 10.5. The molecule has 3 rings (SSSR count). The molecule has 4 nitrogen and oxygen atoms in total. The monoisotopic (exact) mass is 381 g/mol. The highest BCUT2D eigenvalue weighted by Gasteiger charge is 2.31. The summed E-state index contributed by atoms with van der Waals surface area (Å²) in [5, 5.41) is 0.260. The Hall–Kier alpha value is -1.57. The summed E-state index contributed by atoms with van der Waals surface area (Å²) in [6.07, 6.45) is 0.714. The van der Waals surface area contributed by atoms with E-state index in [-0.39, 0.29) is 15.9 Å². The molecular weight excluding hydrogens is 361 g/mol. The molecule has 2 aromatic carbocycles. The van der Waals surface area contributed by atoms with Gasteiger partial charge >= 0.3 is 0 Å². The van der Waals surface area contributed by atoms with Crippen LogP contribution in [0.2, 0.25) is 0 Å². The molecule has 1 fully saturated rings. The average Bonchev–Trinajstić information content (AvgIpc) is 2.89. The lowest BCUT2D eigenvalue weighted by atomic mass is 10.1. The van der Waals surface area contributed by atoms with Crippen molar-refractivity contribution in [2.24, 2.45) is 0 Å². The normalized spacial score (nSPS) is 19.4. The van der Waals surface area contributed by atoms with Gasteiger partial charge in [-0.15, -0.1) is 0 Å². The zero-order valence-electron chi connectivity index (χ0n) is 13.9. The van der Waals surface area contributed by atoms with Crippen molar-refractivity contribution in [3.05, 3.63) is 59.9 Å². The minimum atomic E-state index is -3.80. The molecule has 0 amide bonds. The van der Waals surface area contributed by atoms with Crippen LogP contribution in [0.1, 0.15) is 17.2 Å². The van der Waals surface area contributed by atoms with Crippen molar-refractivity contribution in [3.63, 3.8) is 0 Å². The van der Waals surface area contributed by atoms with Crippen LogP contribution in [-0.2, 0) is 10.0 Å². The molecule has 134 valence electrons. The van der Waals surface area contributed by atoms with E-state index in [0.717, 1.165) is 6.07 Å². The van der Waals surface area contributed by atoms with Crippen LogP contribution in [0.5, 0.6) is 5.75 Å². The summed E-state index contributed by atoms with van der Waals surface area (Å²) >= 11 is 1.75. The Bertz CT molecular complexity index is 827. The average molecular weight is 381 g/mol. The largest absolute Gasteiger partial charge is 0.495 e. The van der Waals surface area contributed by atoms with E-state index in [4.69, 9.17) is 4.74 Å². The third kappa shape index (κ3) is 3.99. The highest BCUT2D eigenvalue weighted by atomic mass is 32.2. The molecule has 1 unspecified atom stereocenters. The molecule has 0 bridgehead atoms. The van der Waals surface area contributed by atoms with Gasteiger partial charge in [-0.1, -0.05) is 30.3 Å². The molecule has 1 atom stereocenters. The number of nitrogens with zero attached hydrogens (tertiary/aromatic N) is 1. The number of hydrogen-bond acceptors (Lipinski definition) is 4. The van der Waals surface area contributed by atoms with Gasteiger partial charge in [0.15, 0.2) is 0 Å². The van der Waals surface area contributed by atoms with Crippen molar-refractivity contribution in [3.8, 4) is 5.75 Å². The summed E-state index contributed by atoms with van der Waals surface area (Å²) in [5.41, 5.74) is 1.20. The van der Waals surface area contributed by atoms with E-state index >= 15 is 0 Å². The molecule has 0 saturated carbocycles. The van der Waals surface area contributed by atoms with Gasteiger partial charge in [0.25, 0.3) is 0 Å². The predicted octanol–water partition coefficient (Wildman–Crippen LogP) is 3.70. The Labute approximate surface area is 152 Å². The van der Waals surface area contributed by atoms with Crippen LogP contribution in [0.25, 0.3) is 0 Å². The summed E-state index contributed by atoms with van der Waals surface area (Å²) in [5.74, 6) is 0.264. The van der Waals surface area contributed by atoms with E-state index in [1.54, 1.807) is 11.8 Å². The fourth-order valence-electron chi connectivity index (χ4n) is 2.92. The molecule has 2 aromatic rings. The van der Waals surface area contributed by atoms with Gasteiger partial charge in [-0.2, -0.15) is 16.1 Å². The third-order valence-electron chi connectivity index (χ3n) is 4.22. The number of ether oxygens (including phenoxy) is 1. The van der Waals surface area contributed by atoms with Crippen LogP contribution < -0.4 is 4.74 Å². The van der Waals surface area contributed by atoms with Gasteiger partial charge in [0.2, 0.25) is 10.0 Å². The zero-order valence-corrected chi connectivity index (χ0v) is 15.5. The second-order valence-corrected chi connectivity index (χ2v) is 8.98. The van der Waals surface area contributed by atoms with Gasteiger partial charge in [-0.25, -0.2) is 12.8 Å². The van der Waals surface area contributed by atoms with E-state index in [1.165, 1.54) is 29.1 Å². The third-order valence-corrected chi connectivity index (χ3v) is 7.46. The molecule has 7 heteroatoms. The van der Waals surface area contributed by atoms with Crippen molar-refractivity contribution in [2.75, 3.05) is 26.0 Å². The number of thioether (sulfide) groups is 1. The van der Waals surface area contributed by atoms with Crippen LogP contribution in [0.4, 0.5) is 4.39 Å². The van der Waals surface area contributed by atoms with Crippen LogP contribution in [-0.4, -0.2) is 38.7 Å². The lowest BCUT2D eigenvalue weighted by Crippen LogP contribution is -2.33. The second-order valence-electron chi connectivity index (χ2n) is 5.76. The maximum atomic E-state index is 13.6. The molecule has 1 aliphatic heterocycles. The van der Waals surface area contributed by atoms with Crippen molar-refractivity contribution in [1.29, 1.82) is 0 Å². The molecule has 1 saturated heterocycles. The quantitative estimate of drug-likeness (QED) is 0.810. The molecule has 0 aliphatic carbocycles. The maximum Gasteiger partial charge on any atom is 0.246 e. The van der Waals surface area contributed by atoms with Gasteiger partial charge in [0.05, 0.1) is 7.11 Å². The van der Waals surface area contributed by atoms with E-state index < -0.39 is 15.8 Å². The Morgan fingerprint density at radius 1 is 1.16 bits per heavy atom. The van der Waals surface area contributed by atoms with E-state index in [9.17, 15) is 12.8 Å². The predicted molar refractivity (Wildman–Crippen MR) is 98.0 cm³/mol. The highest BCUT2D eigenvalue weighted by molar-refractivity contribution is 7.99. The molecule has 1 aliphatic rings. The molecule has 1 heterocycles. The molecular formula is C18H20FNO3S2. The van der Waals surface area contributed by atoms with E-state index in [2.05, 4.69) is 12.1 Å². The fraction of sp³-hybridized carbons (Fsp3) is 0.333. The minimum absolute atomic E-state index is 0.113. The van der Waals surface area contributed by atoms with Gasteiger partial charge in [-0.3, -0.25) is 0 Å².